The van der Waals surface area contributed by atoms with Crippen LogP contribution in [-0.2, 0) is 0 Å². The molecule has 0 atom stereocenters. The van der Waals surface area contributed by atoms with Crippen molar-refractivity contribution < 1.29 is 4.42 Å². The van der Waals surface area contributed by atoms with Crippen molar-refractivity contribution >= 4 is 132 Å². The molecule has 12 aromatic rings. The fourth-order valence-electron chi connectivity index (χ4n) is 9.56. The highest BCUT2D eigenvalue weighted by molar-refractivity contribution is 6.68. The number of para-hydroxylation sites is 3. The lowest BCUT2D eigenvalue weighted by atomic mass is 9.59. The van der Waals surface area contributed by atoms with E-state index in [2.05, 4.69) is 179 Å². The van der Waals surface area contributed by atoms with Crippen LogP contribution < -0.4 is 27.3 Å². The van der Waals surface area contributed by atoms with E-state index in [1.165, 1.54) is 16.3 Å². The molecule has 8 heteroatoms. The summed E-state index contributed by atoms with van der Waals surface area (Å²) in [5.41, 5.74) is 14.7. The topological polar surface area (TPSA) is 23.0 Å². The Morgan fingerprint density at radius 3 is 1.42 bits per heavy atom. The van der Waals surface area contributed by atoms with E-state index in [0.717, 1.165) is 88.4 Å². The predicted molar refractivity (Wildman–Crippen MR) is 266 cm³/mol. The van der Waals surface area contributed by atoms with E-state index < -0.39 is 0 Å². The molecule has 0 spiro atoms. The van der Waals surface area contributed by atoms with Gasteiger partial charge >= 0.3 is 0 Å². The van der Waals surface area contributed by atoms with Gasteiger partial charge in [-0.3, -0.25) is 0 Å². The van der Waals surface area contributed by atoms with Crippen LogP contribution in [0.2, 0.25) is 0 Å². The summed E-state index contributed by atoms with van der Waals surface area (Å²) in [6, 6.07) is 61.9. The Hall–Kier alpha value is -7.30. The van der Waals surface area contributed by atoms with Gasteiger partial charge < -0.3 is 13.6 Å². The van der Waals surface area contributed by atoms with E-state index in [1.807, 2.05) is 6.07 Å². The highest BCUT2D eigenvalue weighted by Crippen LogP contribution is 2.40. The van der Waals surface area contributed by atoms with Crippen molar-refractivity contribution in [3.8, 4) is 44.8 Å². The maximum Gasteiger partial charge on any atom is 0.135 e. The molecule has 10 radical (unpaired) electrons. The first kappa shape index (κ1) is 36.5. The van der Waals surface area contributed by atoms with Crippen molar-refractivity contribution in [1.82, 2.24) is 9.13 Å². The molecule has 3 heterocycles. The number of aromatic nitrogens is 2. The average molecular weight is 776 g/mol. The largest absolute Gasteiger partial charge is 0.456 e. The van der Waals surface area contributed by atoms with Gasteiger partial charge in [-0.1, -0.05) is 114 Å². The maximum absolute atomic E-state index is 6.75. The number of nitrogens with zero attached hydrogens (tertiary/aromatic N) is 2. The molecule has 0 amide bonds. The molecule has 0 saturated carbocycles. The van der Waals surface area contributed by atoms with Gasteiger partial charge in [-0.2, -0.15) is 0 Å². The van der Waals surface area contributed by atoms with Crippen LogP contribution in [0.4, 0.5) is 0 Å². The molecule has 0 unspecified atom stereocenters. The Morgan fingerprint density at radius 2 is 0.774 bits per heavy atom. The third-order valence-corrected chi connectivity index (χ3v) is 12.6. The first-order valence-electron chi connectivity index (χ1n) is 20.5. The van der Waals surface area contributed by atoms with Crippen molar-refractivity contribution in [1.29, 1.82) is 0 Å². The van der Waals surface area contributed by atoms with E-state index in [4.69, 9.17) is 43.6 Å². The van der Waals surface area contributed by atoms with Gasteiger partial charge in [-0.15, -0.1) is 16.4 Å². The molecule has 0 saturated heterocycles. The zero-order chi connectivity index (χ0) is 41.8. The first-order valence-corrected chi connectivity index (χ1v) is 20.5. The van der Waals surface area contributed by atoms with Gasteiger partial charge in [0.2, 0.25) is 0 Å². The molecule has 3 aromatic heterocycles. The summed E-state index contributed by atoms with van der Waals surface area (Å²) in [4.78, 5) is 0. The zero-order valence-electron chi connectivity index (χ0n) is 33.4. The van der Waals surface area contributed by atoms with Crippen LogP contribution >= 0.6 is 0 Å². The second kappa shape index (κ2) is 13.9. The number of hydrogen-bond donors (Lipinski definition) is 0. The molecule has 3 nitrogen and oxygen atoms in total. The minimum atomic E-state index is 0.178. The summed E-state index contributed by atoms with van der Waals surface area (Å²) >= 11 is 0. The van der Waals surface area contributed by atoms with Crippen LogP contribution in [0.15, 0.2) is 180 Å². The molecule has 276 valence electrons. The van der Waals surface area contributed by atoms with Gasteiger partial charge in [-0.05, 0) is 106 Å². The molecular formula is C54H29B5N2O. The van der Waals surface area contributed by atoms with Crippen molar-refractivity contribution in [2.24, 2.45) is 0 Å². The van der Waals surface area contributed by atoms with Gasteiger partial charge in [0, 0.05) is 43.7 Å². The van der Waals surface area contributed by atoms with E-state index in [1.54, 1.807) is 0 Å². The fraction of sp³-hybridized carbons (Fsp3) is 0. The van der Waals surface area contributed by atoms with E-state index >= 15 is 0 Å². The van der Waals surface area contributed by atoms with Crippen LogP contribution in [-0.4, -0.2) is 48.4 Å². The quantitative estimate of drug-likeness (QED) is 0.161. The lowest BCUT2D eigenvalue weighted by molar-refractivity contribution is 0.669. The van der Waals surface area contributed by atoms with Gasteiger partial charge in [-0.25, -0.2) is 0 Å². The first-order chi connectivity index (χ1) is 30.3. The maximum atomic E-state index is 6.75. The molecule has 0 N–H and O–H groups in total. The van der Waals surface area contributed by atoms with E-state index in [9.17, 15) is 0 Å². The highest BCUT2D eigenvalue weighted by Gasteiger charge is 2.20. The number of furan rings is 1. The Labute approximate surface area is 364 Å². The highest BCUT2D eigenvalue weighted by atomic mass is 16.3. The van der Waals surface area contributed by atoms with Crippen LogP contribution in [0.3, 0.4) is 0 Å². The normalized spacial score (nSPS) is 11.9. The summed E-state index contributed by atoms with van der Waals surface area (Å²) in [6.45, 7) is 0. The van der Waals surface area contributed by atoms with Crippen LogP contribution in [0, 0.1) is 0 Å². The average Bonchev–Trinajstić information content (AvgIpc) is 3.97. The summed E-state index contributed by atoms with van der Waals surface area (Å²) < 4.78 is 11.2. The third-order valence-electron chi connectivity index (χ3n) is 12.6. The van der Waals surface area contributed by atoms with Crippen LogP contribution in [0.5, 0.6) is 0 Å². The molecule has 0 fully saturated rings. The van der Waals surface area contributed by atoms with Crippen LogP contribution in [0.25, 0.3) is 110 Å². The molecule has 62 heavy (non-hydrogen) atoms. The summed E-state index contributed by atoms with van der Waals surface area (Å²) in [7, 11) is 32.7. The molecule has 0 aliphatic carbocycles. The molecule has 0 bridgehead atoms. The Kier molecular flexibility index (Phi) is 8.18. The van der Waals surface area contributed by atoms with Crippen molar-refractivity contribution in [3.63, 3.8) is 0 Å². The van der Waals surface area contributed by atoms with Crippen molar-refractivity contribution in [2.75, 3.05) is 0 Å². The standard InChI is InChI=1S/C54H29B5N2O/c55-50-49(51(56)53(58)54(59)52(50)57)34-24-33(25-36(26-34)61-44-16-8-4-12-37(44)38-13-5-9-17-45(38)61)31-19-22-47-41(27-31)42-29-35(20-23-48(42)62-47)60-43-15-7-6-14-39(43)40-21-18-32(28-46(40)60)30-10-2-1-3-11-30/h1-29H. The molecule has 12 rings (SSSR count). The van der Waals surface area contributed by atoms with E-state index in [-0.39, 0.29) is 27.3 Å². The summed E-state index contributed by atoms with van der Waals surface area (Å²) in [5.74, 6) is 0. The lowest BCUT2D eigenvalue weighted by Crippen LogP contribution is -2.55. The monoisotopic (exact) mass is 776 g/mol. The van der Waals surface area contributed by atoms with Crippen LogP contribution in [0.1, 0.15) is 0 Å². The third kappa shape index (κ3) is 5.46. The number of benzene rings is 9. The molecular weight excluding hydrogens is 747 g/mol. The Balaban J connectivity index is 1.08. The van der Waals surface area contributed by atoms with Gasteiger partial charge in [0.05, 0.1) is 22.1 Å². The number of hydrogen-bond acceptors (Lipinski definition) is 1. The zero-order valence-corrected chi connectivity index (χ0v) is 33.4. The summed E-state index contributed by atoms with van der Waals surface area (Å²) in [6.07, 6.45) is 0. The second-order valence-electron chi connectivity index (χ2n) is 16.0. The molecule has 0 aliphatic heterocycles. The lowest BCUT2D eigenvalue weighted by Gasteiger charge is -2.22. The van der Waals surface area contributed by atoms with E-state index in [0.29, 0.717) is 5.56 Å². The van der Waals surface area contributed by atoms with Gasteiger partial charge in [0.25, 0.3) is 0 Å². The van der Waals surface area contributed by atoms with Crippen molar-refractivity contribution in [3.05, 3.63) is 176 Å². The van der Waals surface area contributed by atoms with Gasteiger partial charge in [0.15, 0.2) is 0 Å². The Bertz CT molecular complexity index is 3740. The predicted octanol–water partition coefficient (Wildman–Crippen LogP) is 8.75. The number of rotatable bonds is 5. The van der Waals surface area contributed by atoms with Crippen molar-refractivity contribution in [2.45, 2.75) is 0 Å². The second-order valence-corrected chi connectivity index (χ2v) is 16.0. The van der Waals surface area contributed by atoms with Gasteiger partial charge in [0.1, 0.15) is 50.4 Å². The SMILES string of the molecule is [B]c1c([B])c([B])c(-c2cc(-c3ccc4oc5ccc(-n6c7ccccc7c7ccc(-c8ccccc8)cc76)cc5c4c3)cc(-n3c4ccccc4c4ccccc43)c2)c([B])c1[B]. The molecule has 9 aromatic carbocycles. The summed E-state index contributed by atoms with van der Waals surface area (Å²) in [5, 5.41) is 6.70. The minimum Gasteiger partial charge on any atom is -0.456 e. The molecule has 0 aliphatic rings. The minimum absolute atomic E-state index is 0.178. The Morgan fingerprint density at radius 1 is 0.290 bits per heavy atom. The number of fused-ring (bicyclic) bond motifs is 9. The smallest absolute Gasteiger partial charge is 0.135 e. The fourth-order valence-corrected chi connectivity index (χ4v) is 9.56.